The Labute approximate surface area is 173 Å². The Morgan fingerprint density at radius 1 is 1.04 bits per heavy atom. The summed E-state index contributed by atoms with van der Waals surface area (Å²) in [6.07, 6.45) is 0.678. The molecule has 0 aliphatic carbocycles. The number of benzene rings is 2. The van der Waals surface area contributed by atoms with Crippen LogP contribution in [0, 0.1) is 0 Å². The molecule has 8 heteroatoms. The normalized spacial score (nSPS) is 10.3. The number of carbonyl (C=O) groups excluding carboxylic acids is 3. The molecule has 0 aliphatic rings. The minimum atomic E-state index is -0.484. The predicted octanol–water partition coefficient (Wildman–Crippen LogP) is 4.27. The van der Waals surface area contributed by atoms with E-state index in [4.69, 9.17) is 23.2 Å². The number of carbonyl (C=O) groups is 3. The lowest BCUT2D eigenvalue weighted by atomic mass is 10.1. The molecule has 148 valence electrons. The van der Waals surface area contributed by atoms with E-state index in [1.165, 1.54) is 36.3 Å². The first-order valence-electron chi connectivity index (χ1n) is 8.58. The standard InChI is InChI=1S/C20H20Cl2N2O4/c1-3-10-24(12-18(25)23-17-11-15(21)8-9-16(17)22)19(26)13-4-6-14(7-5-13)20(27)28-2/h4-9,11H,3,10,12H2,1-2H3,(H,23,25). The van der Waals surface area contributed by atoms with Crippen LogP contribution >= 0.6 is 23.2 Å². The molecule has 0 spiro atoms. The van der Waals surface area contributed by atoms with E-state index in [0.29, 0.717) is 39.8 Å². The maximum Gasteiger partial charge on any atom is 0.337 e. The van der Waals surface area contributed by atoms with Gasteiger partial charge in [0.25, 0.3) is 5.91 Å². The number of nitrogens with one attached hydrogen (secondary N) is 1. The van der Waals surface area contributed by atoms with Gasteiger partial charge in [0.05, 0.1) is 23.4 Å². The van der Waals surface area contributed by atoms with Crippen LogP contribution in [0.2, 0.25) is 10.0 Å². The smallest absolute Gasteiger partial charge is 0.337 e. The molecule has 0 aromatic heterocycles. The summed E-state index contributed by atoms with van der Waals surface area (Å²) in [6.45, 7) is 2.16. The quantitative estimate of drug-likeness (QED) is 0.675. The van der Waals surface area contributed by atoms with Crippen molar-refractivity contribution in [2.24, 2.45) is 0 Å². The van der Waals surface area contributed by atoms with Gasteiger partial charge in [-0.2, -0.15) is 0 Å². The average Bonchev–Trinajstić information content (AvgIpc) is 2.69. The molecule has 0 aliphatic heterocycles. The maximum atomic E-state index is 12.8. The van der Waals surface area contributed by atoms with Gasteiger partial charge in [0.15, 0.2) is 0 Å². The first-order valence-corrected chi connectivity index (χ1v) is 9.33. The fourth-order valence-corrected chi connectivity index (χ4v) is 2.86. The molecule has 0 bridgehead atoms. The van der Waals surface area contributed by atoms with Crippen LogP contribution in [0.25, 0.3) is 0 Å². The van der Waals surface area contributed by atoms with Gasteiger partial charge < -0.3 is 15.0 Å². The van der Waals surface area contributed by atoms with Gasteiger partial charge in [-0.25, -0.2) is 4.79 Å². The number of nitrogens with zero attached hydrogens (tertiary/aromatic N) is 1. The molecule has 28 heavy (non-hydrogen) atoms. The summed E-state index contributed by atoms with van der Waals surface area (Å²) in [5, 5.41) is 3.46. The van der Waals surface area contributed by atoms with E-state index in [1.54, 1.807) is 18.2 Å². The lowest BCUT2D eigenvalue weighted by molar-refractivity contribution is -0.116. The number of esters is 1. The van der Waals surface area contributed by atoms with Crippen molar-refractivity contribution >= 4 is 46.7 Å². The van der Waals surface area contributed by atoms with E-state index in [2.05, 4.69) is 10.1 Å². The number of halogens is 2. The Morgan fingerprint density at radius 2 is 1.68 bits per heavy atom. The highest BCUT2D eigenvalue weighted by Gasteiger charge is 2.19. The third-order valence-electron chi connectivity index (χ3n) is 3.87. The molecule has 2 aromatic carbocycles. The zero-order valence-corrected chi connectivity index (χ0v) is 17.0. The Morgan fingerprint density at radius 3 is 2.29 bits per heavy atom. The fraction of sp³-hybridized carbons (Fsp3) is 0.250. The molecule has 0 radical (unpaired) electrons. The number of hydrogen-bond acceptors (Lipinski definition) is 4. The maximum absolute atomic E-state index is 12.8. The predicted molar refractivity (Wildman–Crippen MR) is 109 cm³/mol. The van der Waals surface area contributed by atoms with Crippen LogP contribution in [0.15, 0.2) is 42.5 Å². The SMILES string of the molecule is CCCN(CC(=O)Nc1cc(Cl)ccc1Cl)C(=O)c1ccc(C(=O)OC)cc1. The molecule has 0 fully saturated rings. The lowest BCUT2D eigenvalue weighted by Gasteiger charge is -2.22. The number of hydrogen-bond donors (Lipinski definition) is 1. The molecule has 6 nitrogen and oxygen atoms in total. The van der Waals surface area contributed by atoms with Crippen LogP contribution in [0.3, 0.4) is 0 Å². The van der Waals surface area contributed by atoms with Crippen molar-refractivity contribution in [3.05, 3.63) is 63.6 Å². The third-order valence-corrected chi connectivity index (χ3v) is 4.44. The van der Waals surface area contributed by atoms with Gasteiger partial charge >= 0.3 is 5.97 Å². The molecule has 0 unspecified atom stereocenters. The summed E-state index contributed by atoms with van der Waals surface area (Å²) in [7, 11) is 1.29. The fourth-order valence-electron chi connectivity index (χ4n) is 2.53. The van der Waals surface area contributed by atoms with Crippen molar-refractivity contribution in [2.45, 2.75) is 13.3 Å². The molecule has 0 saturated carbocycles. The summed E-state index contributed by atoms with van der Waals surface area (Å²) >= 11 is 12.0. The van der Waals surface area contributed by atoms with Crippen LogP contribution in [-0.4, -0.2) is 42.9 Å². The summed E-state index contributed by atoms with van der Waals surface area (Å²) in [5.41, 5.74) is 1.09. The Kier molecular flexibility index (Phi) is 7.84. The molecule has 2 aromatic rings. The second kappa shape index (κ2) is 10.1. The van der Waals surface area contributed by atoms with E-state index in [1.807, 2.05) is 6.92 Å². The average molecular weight is 423 g/mol. The third kappa shape index (κ3) is 5.71. The van der Waals surface area contributed by atoms with Crippen molar-refractivity contribution in [3.63, 3.8) is 0 Å². The van der Waals surface area contributed by atoms with Gasteiger partial charge in [-0.3, -0.25) is 9.59 Å². The number of methoxy groups -OCH3 is 1. The van der Waals surface area contributed by atoms with Crippen molar-refractivity contribution < 1.29 is 19.1 Å². The molecule has 0 heterocycles. The number of rotatable bonds is 7. The minimum Gasteiger partial charge on any atom is -0.465 e. The molecule has 1 N–H and O–H groups in total. The van der Waals surface area contributed by atoms with Crippen LogP contribution in [-0.2, 0) is 9.53 Å². The highest BCUT2D eigenvalue weighted by molar-refractivity contribution is 6.35. The Hall–Kier alpha value is -2.57. The summed E-state index contributed by atoms with van der Waals surface area (Å²) < 4.78 is 4.64. The van der Waals surface area contributed by atoms with E-state index in [-0.39, 0.29) is 12.5 Å². The van der Waals surface area contributed by atoms with Crippen molar-refractivity contribution in [1.82, 2.24) is 4.90 Å². The van der Waals surface area contributed by atoms with Gasteiger partial charge in [0.2, 0.25) is 5.91 Å². The Balaban J connectivity index is 2.11. The van der Waals surface area contributed by atoms with Crippen LogP contribution in [0.1, 0.15) is 34.1 Å². The largest absolute Gasteiger partial charge is 0.465 e. The highest BCUT2D eigenvalue weighted by atomic mass is 35.5. The molecule has 2 rings (SSSR count). The molecule has 0 atom stereocenters. The second-order valence-corrected chi connectivity index (χ2v) is 6.81. The summed E-state index contributed by atoms with van der Waals surface area (Å²) in [5.74, 6) is -1.19. The van der Waals surface area contributed by atoms with E-state index in [0.717, 1.165) is 0 Å². The highest BCUT2D eigenvalue weighted by Crippen LogP contribution is 2.25. The zero-order valence-electron chi connectivity index (χ0n) is 15.5. The summed E-state index contributed by atoms with van der Waals surface area (Å²) in [6, 6.07) is 10.8. The van der Waals surface area contributed by atoms with E-state index in [9.17, 15) is 14.4 Å². The molecular formula is C20H20Cl2N2O4. The second-order valence-electron chi connectivity index (χ2n) is 5.97. The first-order chi connectivity index (χ1) is 13.3. The number of amides is 2. The van der Waals surface area contributed by atoms with Gasteiger partial charge in [-0.1, -0.05) is 30.1 Å². The van der Waals surface area contributed by atoms with Gasteiger partial charge in [0, 0.05) is 17.1 Å². The molecule has 2 amide bonds. The Bertz CT molecular complexity index is 869. The monoisotopic (exact) mass is 422 g/mol. The van der Waals surface area contributed by atoms with Crippen LogP contribution in [0.5, 0.6) is 0 Å². The minimum absolute atomic E-state index is 0.145. The van der Waals surface area contributed by atoms with Gasteiger partial charge in [0.1, 0.15) is 6.54 Å². The zero-order chi connectivity index (χ0) is 20.7. The lowest BCUT2D eigenvalue weighted by Crippen LogP contribution is -2.38. The first kappa shape index (κ1) is 21.7. The van der Waals surface area contributed by atoms with Crippen molar-refractivity contribution in [1.29, 1.82) is 0 Å². The van der Waals surface area contributed by atoms with Gasteiger partial charge in [-0.15, -0.1) is 0 Å². The molecular weight excluding hydrogens is 403 g/mol. The van der Waals surface area contributed by atoms with E-state index >= 15 is 0 Å². The summed E-state index contributed by atoms with van der Waals surface area (Å²) in [4.78, 5) is 38.1. The number of ether oxygens (including phenoxy) is 1. The van der Waals surface area contributed by atoms with Gasteiger partial charge in [-0.05, 0) is 48.9 Å². The van der Waals surface area contributed by atoms with E-state index < -0.39 is 11.9 Å². The van der Waals surface area contributed by atoms with Crippen LogP contribution in [0.4, 0.5) is 5.69 Å². The topological polar surface area (TPSA) is 75.7 Å². The van der Waals surface area contributed by atoms with Crippen LogP contribution < -0.4 is 5.32 Å². The number of anilines is 1. The van der Waals surface area contributed by atoms with Crippen molar-refractivity contribution in [2.75, 3.05) is 25.5 Å². The molecule has 0 saturated heterocycles. The van der Waals surface area contributed by atoms with Crippen molar-refractivity contribution in [3.8, 4) is 0 Å².